The lowest BCUT2D eigenvalue weighted by atomic mass is 10.1. The SMILES string of the molecule is Cn1nncc1[C@@H](N)CC(N)=O. The zero-order valence-corrected chi connectivity index (χ0v) is 6.77. The van der Waals surface area contributed by atoms with Gasteiger partial charge in [0.25, 0.3) is 0 Å². The molecule has 1 atom stereocenters. The number of hydrogen-bond acceptors (Lipinski definition) is 4. The zero-order valence-electron chi connectivity index (χ0n) is 6.77. The van der Waals surface area contributed by atoms with E-state index in [0.29, 0.717) is 5.69 Å². The predicted octanol–water partition coefficient (Wildman–Crippen LogP) is -1.31. The maximum atomic E-state index is 10.5. The van der Waals surface area contributed by atoms with Crippen LogP contribution in [0, 0.1) is 0 Å². The highest BCUT2D eigenvalue weighted by molar-refractivity contribution is 5.74. The third-order valence-corrected chi connectivity index (χ3v) is 1.55. The standard InChI is InChI=1S/C6H11N5O/c1-11-5(3-9-10-11)4(7)2-6(8)12/h3-4H,2,7H2,1H3,(H2,8,12)/t4-/m0/s1. The van der Waals surface area contributed by atoms with Crippen molar-refractivity contribution in [2.24, 2.45) is 18.5 Å². The average molecular weight is 169 g/mol. The zero-order chi connectivity index (χ0) is 9.14. The van der Waals surface area contributed by atoms with Gasteiger partial charge in [0.2, 0.25) is 5.91 Å². The molecule has 0 aliphatic heterocycles. The molecule has 6 nitrogen and oxygen atoms in total. The van der Waals surface area contributed by atoms with Crippen LogP contribution in [0.25, 0.3) is 0 Å². The first-order chi connectivity index (χ1) is 5.61. The van der Waals surface area contributed by atoms with Crippen molar-refractivity contribution in [1.29, 1.82) is 0 Å². The lowest BCUT2D eigenvalue weighted by Crippen LogP contribution is -2.22. The van der Waals surface area contributed by atoms with E-state index < -0.39 is 11.9 Å². The Morgan fingerprint density at radius 3 is 2.92 bits per heavy atom. The first kappa shape index (κ1) is 8.66. The number of nitrogens with zero attached hydrogens (tertiary/aromatic N) is 3. The molecule has 12 heavy (non-hydrogen) atoms. The second-order valence-electron chi connectivity index (χ2n) is 2.56. The number of carbonyl (C=O) groups excluding carboxylic acids is 1. The molecule has 1 amide bonds. The van der Waals surface area contributed by atoms with E-state index in [0.717, 1.165) is 0 Å². The average Bonchev–Trinajstić information content (AvgIpc) is 2.33. The summed E-state index contributed by atoms with van der Waals surface area (Å²) in [4.78, 5) is 10.5. The number of aryl methyl sites for hydroxylation is 1. The molecule has 0 aliphatic rings. The van der Waals surface area contributed by atoms with Gasteiger partial charge in [-0.1, -0.05) is 5.21 Å². The Labute approximate surface area is 69.5 Å². The van der Waals surface area contributed by atoms with E-state index in [1.54, 1.807) is 7.05 Å². The minimum absolute atomic E-state index is 0.112. The normalized spacial score (nSPS) is 12.8. The number of primary amides is 1. The van der Waals surface area contributed by atoms with Crippen molar-refractivity contribution in [3.8, 4) is 0 Å². The van der Waals surface area contributed by atoms with Crippen molar-refractivity contribution in [2.45, 2.75) is 12.5 Å². The molecule has 0 saturated heterocycles. The van der Waals surface area contributed by atoms with Crippen molar-refractivity contribution in [1.82, 2.24) is 15.0 Å². The van der Waals surface area contributed by atoms with Gasteiger partial charge in [0.15, 0.2) is 0 Å². The summed E-state index contributed by atoms with van der Waals surface area (Å²) in [6.07, 6.45) is 1.63. The van der Waals surface area contributed by atoms with Gasteiger partial charge in [-0.2, -0.15) is 0 Å². The molecule has 1 aromatic heterocycles. The van der Waals surface area contributed by atoms with Gasteiger partial charge in [0.05, 0.1) is 17.9 Å². The van der Waals surface area contributed by atoms with E-state index in [1.807, 2.05) is 0 Å². The summed E-state index contributed by atoms with van der Waals surface area (Å²) in [5, 5.41) is 7.31. The Morgan fingerprint density at radius 1 is 1.83 bits per heavy atom. The van der Waals surface area contributed by atoms with Gasteiger partial charge in [0.1, 0.15) is 0 Å². The van der Waals surface area contributed by atoms with Crippen LogP contribution in [0.5, 0.6) is 0 Å². The van der Waals surface area contributed by atoms with Crippen LogP contribution in [0.3, 0.4) is 0 Å². The number of aromatic nitrogens is 3. The maximum Gasteiger partial charge on any atom is 0.219 e. The van der Waals surface area contributed by atoms with Crippen molar-refractivity contribution in [2.75, 3.05) is 0 Å². The van der Waals surface area contributed by atoms with Gasteiger partial charge in [-0.25, -0.2) is 0 Å². The second kappa shape index (κ2) is 3.31. The van der Waals surface area contributed by atoms with Gasteiger partial charge in [-0.3, -0.25) is 9.48 Å². The molecule has 0 spiro atoms. The van der Waals surface area contributed by atoms with Crippen LogP contribution in [0.2, 0.25) is 0 Å². The highest BCUT2D eigenvalue weighted by Gasteiger charge is 2.12. The molecule has 1 heterocycles. The predicted molar refractivity (Wildman–Crippen MR) is 41.7 cm³/mol. The highest BCUT2D eigenvalue weighted by Crippen LogP contribution is 2.09. The van der Waals surface area contributed by atoms with E-state index in [9.17, 15) is 4.79 Å². The van der Waals surface area contributed by atoms with E-state index in [1.165, 1.54) is 10.9 Å². The molecule has 66 valence electrons. The van der Waals surface area contributed by atoms with E-state index in [-0.39, 0.29) is 6.42 Å². The van der Waals surface area contributed by atoms with Crippen LogP contribution in [0.4, 0.5) is 0 Å². The third-order valence-electron chi connectivity index (χ3n) is 1.55. The highest BCUT2D eigenvalue weighted by atomic mass is 16.1. The fourth-order valence-corrected chi connectivity index (χ4v) is 0.955. The largest absolute Gasteiger partial charge is 0.370 e. The fourth-order valence-electron chi connectivity index (χ4n) is 0.955. The van der Waals surface area contributed by atoms with Crippen LogP contribution in [0.1, 0.15) is 18.2 Å². The molecule has 6 heteroatoms. The molecule has 0 bridgehead atoms. The summed E-state index contributed by atoms with van der Waals surface area (Å²) in [5.41, 5.74) is 11.3. The summed E-state index contributed by atoms with van der Waals surface area (Å²) in [7, 11) is 1.71. The Bertz CT molecular complexity index is 281. The van der Waals surface area contributed by atoms with Crippen molar-refractivity contribution in [3.05, 3.63) is 11.9 Å². The molecular weight excluding hydrogens is 158 g/mol. The summed E-state index contributed by atoms with van der Waals surface area (Å²) in [5.74, 6) is -0.427. The smallest absolute Gasteiger partial charge is 0.219 e. The third kappa shape index (κ3) is 1.79. The summed E-state index contributed by atoms with van der Waals surface area (Å²) in [6.45, 7) is 0. The van der Waals surface area contributed by atoms with Crippen molar-refractivity contribution in [3.63, 3.8) is 0 Å². The molecule has 0 aromatic carbocycles. The minimum Gasteiger partial charge on any atom is -0.370 e. The molecule has 0 fully saturated rings. The minimum atomic E-state index is -0.427. The van der Waals surface area contributed by atoms with Crippen LogP contribution in [0.15, 0.2) is 6.20 Å². The topological polar surface area (TPSA) is 99.8 Å². The Morgan fingerprint density at radius 2 is 2.50 bits per heavy atom. The van der Waals surface area contributed by atoms with Crippen LogP contribution < -0.4 is 11.5 Å². The molecular formula is C6H11N5O. The number of amides is 1. The summed E-state index contributed by atoms with van der Waals surface area (Å²) >= 11 is 0. The Hall–Kier alpha value is -1.43. The molecule has 1 rings (SSSR count). The number of carbonyl (C=O) groups is 1. The van der Waals surface area contributed by atoms with E-state index in [2.05, 4.69) is 10.3 Å². The summed E-state index contributed by atoms with van der Waals surface area (Å²) < 4.78 is 1.52. The Balaban J connectivity index is 2.71. The van der Waals surface area contributed by atoms with Crippen molar-refractivity contribution >= 4 is 5.91 Å². The van der Waals surface area contributed by atoms with E-state index in [4.69, 9.17) is 11.5 Å². The van der Waals surface area contributed by atoms with Gasteiger partial charge < -0.3 is 11.5 Å². The first-order valence-electron chi connectivity index (χ1n) is 3.49. The molecule has 4 N–H and O–H groups in total. The van der Waals surface area contributed by atoms with Gasteiger partial charge >= 0.3 is 0 Å². The molecule has 0 saturated carbocycles. The fraction of sp³-hybridized carbons (Fsp3) is 0.500. The number of rotatable bonds is 3. The second-order valence-corrected chi connectivity index (χ2v) is 2.56. The number of nitrogens with two attached hydrogens (primary N) is 2. The molecule has 0 radical (unpaired) electrons. The molecule has 0 unspecified atom stereocenters. The quantitative estimate of drug-likeness (QED) is 0.586. The van der Waals surface area contributed by atoms with Gasteiger partial charge in [0, 0.05) is 13.5 Å². The van der Waals surface area contributed by atoms with Gasteiger partial charge in [-0.05, 0) is 0 Å². The molecule has 0 aliphatic carbocycles. The van der Waals surface area contributed by atoms with Crippen molar-refractivity contribution < 1.29 is 4.79 Å². The van der Waals surface area contributed by atoms with Gasteiger partial charge in [-0.15, -0.1) is 5.10 Å². The summed E-state index contributed by atoms with van der Waals surface area (Å²) in [6, 6.07) is -0.414. The van der Waals surface area contributed by atoms with Crippen LogP contribution >= 0.6 is 0 Å². The maximum absolute atomic E-state index is 10.5. The van der Waals surface area contributed by atoms with Crippen LogP contribution in [-0.2, 0) is 11.8 Å². The van der Waals surface area contributed by atoms with Crippen LogP contribution in [-0.4, -0.2) is 20.9 Å². The molecule has 1 aromatic rings. The monoisotopic (exact) mass is 169 g/mol. The lowest BCUT2D eigenvalue weighted by Gasteiger charge is -2.07. The lowest BCUT2D eigenvalue weighted by molar-refractivity contribution is -0.118. The first-order valence-corrected chi connectivity index (χ1v) is 3.49. The Kier molecular flexibility index (Phi) is 2.39. The number of hydrogen-bond donors (Lipinski definition) is 2. The van der Waals surface area contributed by atoms with E-state index >= 15 is 0 Å².